The molecule has 0 fully saturated rings. The van der Waals surface area contributed by atoms with Crippen LogP contribution in [-0.4, -0.2) is 0 Å². The van der Waals surface area contributed by atoms with Crippen LogP contribution >= 0.6 is 11.3 Å². The molecule has 0 amide bonds. The van der Waals surface area contributed by atoms with Crippen LogP contribution in [0.4, 0.5) is 0 Å². The molecule has 0 aliphatic rings. The quantitative estimate of drug-likeness (QED) is 0.346. The maximum Gasteiger partial charge on any atom is 0.0436 e. The second-order valence-electron chi connectivity index (χ2n) is 6.13. The molecule has 0 radical (unpaired) electrons. The maximum absolute atomic E-state index is 2.31. The standard InChI is InChI=1S/C22H20S/c1-4-6-20-17(5-2)19-12-10-15-8-9-16-13-14(3)7-11-18(16)21(15)22(19)23-20/h4,6-13H,5H2,1-3H3/b6-4-. The monoisotopic (exact) mass is 316 g/mol. The van der Waals surface area contributed by atoms with Gasteiger partial charge in [-0.1, -0.05) is 61.0 Å². The Morgan fingerprint density at radius 2 is 1.70 bits per heavy atom. The van der Waals surface area contributed by atoms with Crippen molar-refractivity contribution in [3.63, 3.8) is 0 Å². The first-order chi connectivity index (χ1) is 11.2. The lowest BCUT2D eigenvalue weighted by atomic mass is 9.98. The summed E-state index contributed by atoms with van der Waals surface area (Å²) in [6.45, 7) is 6.51. The first-order valence-corrected chi connectivity index (χ1v) is 9.04. The van der Waals surface area contributed by atoms with Gasteiger partial charge in [-0.2, -0.15) is 0 Å². The highest BCUT2D eigenvalue weighted by Gasteiger charge is 2.13. The fraction of sp³-hybridized carbons (Fsp3) is 0.182. The highest BCUT2D eigenvalue weighted by atomic mass is 32.1. The molecule has 4 rings (SSSR count). The van der Waals surface area contributed by atoms with E-state index in [0.29, 0.717) is 0 Å². The van der Waals surface area contributed by atoms with E-state index in [1.165, 1.54) is 47.6 Å². The number of benzene rings is 3. The van der Waals surface area contributed by atoms with E-state index in [2.05, 4.69) is 75.4 Å². The first kappa shape index (κ1) is 14.5. The summed E-state index contributed by atoms with van der Waals surface area (Å²) in [4.78, 5) is 1.40. The molecule has 23 heavy (non-hydrogen) atoms. The third kappa shape index (κ3) is 2.19. The number of hydrogen-bond donors (Lipinski definition) is 0. The minimum absolute atomic E-state index is 1.08. The van der Waals surface area contributed by atoms with Crippen LogP contribution in [-0.2, 0) is 6.42 Å². The molecule has 0 unspecified atom stereocenters. The summed E-state index contributed by atoms with van der Waals surface area (Å²) in [6.07, 6.45) is 5.48. The van der Waals surface area contributed by atoms with Crippen LogP contribution in [0.15, 0.2) is 48.5 Å². The van der Waals surface area contributed by atoms with Crippen molar-refractivity contribution >= 4 is 49.0 Å². The van der Waals surface area contributed by atoms with Crippen LogP contribution in [0.25, 0.3) is 37.7 Å². The predicted octanol–water partition coefficient (Wildman–Crippen LogP) is 7.11. The normalized spacial score (nSPS) is 12.1. The van der Waals surface area contributed by atoms with E-state index in [4.69, 9.17) is 0 Å². The van der Waals surface area contributed by atoms with E-state index >= 15 is 0 Å². The molecule has 1 heteroatoms. The summed E-state index contributed by atoms with van der Waals surface area (Å²) in [5, 5.41) is 6.88. The Hall–Kier alpha value is -2.12. The van der Waals surface area contributed by atoms with E-state index in [-0.39, 0.29) is 0 Å². The van der Waals surface area contributed by atoms with Gasteiger partial charge in [-0.3, -0.25) is 0 Å². The van der Waals surface area contributed by atoms with Gasteiger partial charge in [-0.05, 0) is 53.5 Å². The van der Waals surface area contributed by atoms with Crippen molar-refractivity contribution in [1.29, 1.82) is 0 Å². The van der Waals surface area contributed by atoms with E-state index < -0.39 is 0 Å². The van der Waals surface area contributed by atoms with Gasteiger partial charge in [0.15, 0.2) is 0 Å². The van der Waals surface area contributed by atoms with Crippen molar-refractivity contribution in [3.05, 3.63) is 64.5 Å². The second-order valence-corrected chi connectivity index (χ2v) is 7.18. The fourth-order valence-electron chi connectivity index (χ4n) is 3.54. The van der Waals surface area contributed by atoms with Gasteiger partial charge in [0.25, 0.3) is 0 Å². The number of allylic oxidation sites excluding steroid dienone is 1. The number of rotatable bonds is 2. The van der Waals surface area contributed by atoms with E-state index in [1.807, 2.05) is 11.3 Å². The lowest BCUT2D eigenvalue weighted by molar-refractivity contribution is 1.17. The molecular weight excluding hydrogens is 296 g/mol. The zero-order valence-corrected chi connectivity index (χ0v) is 14.6. The average Bonchev–Trinajstić information content (AvgIpc) is 2.91. The molecule has 0 aliphatic heterocycles. The van der Waals surface area contributed by atoms with Gasteiger partial charge in [-0.25, -0.2) is 0 Å². The van der Waals surface area contributed by atoms with E-state index in [9.17, 15) is 0 Å². The van der Waals surface area contributed by atoms with Crippen LogP contribution in [0, 0.1) is 6.92 Å². The molecule has 0 spiro atoms. The number of fused-ring (bicyclic) bond motifs is 5. The van der Waals surface area contributed by atoms with Crippen LogP contribution in [0.2, 0.25) is 0 Å². The molecule has 1 aromatic heterocycles. The summed E-state index contributed by atoms with van der Waals surface area (Å²) in [6, 6.07) is 15.9. The number of hydrogen-bond acceptors (Lipinski definition) is 1. The summed E-state index contributed by atoms with van der Waals surface area (Å²) in [7, 11) is 0. The van der Waals surface area contributed by atoms with Gasteiger partial charge in [0.1, 0.15) is 0 Å². The highest BCUT2D eigenvalue weighted by Crippen LogP contribution is 2.40. The highest BCUT2D eigenvalue weighted by molar-refractivity contribution is 7.21. The van der Waals surface area contributed by atoms with Crippen LogP contribution in [0.3, 0.4) is 0 Å². The summed E-state index contributed by atoms with van der Waals surface area (Å²) < 4.78 is 1.43. The van der Waals surface area contributed by atoms with Crippen molar-refractivity contribution in [1.82, 2.24) is 0 Å². The molecule has 0 atom stereocenters. The largest absolute Gasteiger partial charge is 0.135 e. The van der Waals surface area contributed by atoms with Gasteiger partial charge in [0.2, 0.25) is 0 Å². The zero-order valence-electron chi connectivity index (χ0n) is 13.8. The second kappa shape index (κ2) is 5.50. The van der Waals surface area contributed by atoms with Gasteiger partial charge < -0.3 is 0 Å². The van der Waals surface area contributed by atoms with Gasteiger partial charge in [0.05, 0.1) is 0 Å². The van der Waals surface area contributed by atoms with Gasteiger partial charge in [-0.15, -0.1) is 11.3 Å². The average molecular weight is 316 g/mol. The van der Waals surface area contributed by atoms with Crippen molar-refractivity contribution in [2.45, 2.75) is 27.2 Å². The zero-order chi connectivity index (χ0) is 16.0. The molecule has 0 nitrogen and oxygen atoms in total. The summed E-state index contributed by atoms with van der Waals surface area (Å²) in [5.41, 5.74) is 2.80. The van der Waals surface area contributed by atoms with Gasteiger partial charge >= 0.3 is 0 Å². The molecule has 1 heterocycles. The summed E-state index contributed by atoms with van der Waals surface area (Å²) >= 11 is 1.93. The predicted molar refractivity (Wildman–Crippen MR) is 106 cm³/mol. The molecule has 0 aliphatic carbocycles. The smallest absolute Gasteiger partial charge is 0.0436 e. The Labute approximate surface area is 141 Å². The summed E-state index contributed by atoms with van der Waals surface area (Å²) in [5.74, 6) is 0. The Bertz CT molecular complexity index is 1060. The molecule has 0 N–H and O–H groups in total. The Kier molecular flexibility index (Phi) is 3.46. The molecule has 0 saturated carbocycles. The molecule has 4 aromatic rings. The van der Waals surface area contributed by atoms with Crippen molar-refractivity contribution in [2.75, 3.05) is 0 Å². The molecule has 0 saturated heterocycles. The lowest BCUT2D eigenvalue weighted by Gasteiger charge is -2.07. The topological polar surface area (TPSA) is 0 Å². The fourth-order valence-corrected chi connectivity index (χ4v) is 4.97. The first-order valence-electron chi connectivity index (χ1n) is 8.23. The minimum Gasteiger partial charge on any atom is -0.135 e. The number of thiophene rings is 1. The van der Waals surface area contributed by atoms with E-state index in [1.54, 1.807) is 0 Å². The Morgan fingerprint density at radius 1 is 0.957 bits per heavy atom. The van der Waals surface area contributed by atoms with E-state index in [0.717, 1.165) is 6.42 Å². The molecule has 0 bridgehead atoms. The third-order valence-corrected chi connectivity index (χ3v) is 5.85. The van der Waals surface area contributed by atoms with Gasteiger partial charge in [0, 0.05) is 15.0 Å². The van der Waals surface area contributed by atoms with Crippen molar-refractivity contribution in [2.24, 2.45) is 0 Å². The Morgan fingerprint density at radius 3 is 2.48 bits per heavy atom. The van der Waals surface area contributed by atoms with Crippen LogP contribution in [0.1, 0.15) is 29.9 Å². The van der Waals surface area contributed by atoms with Crippen LogP contribution in [0.5, 0.6) is 0 Å². The van der Waals surface area contributed by atoms with Crippen LogP contribution < -0.4 is 0 Å². The minimum atomic E-state index is 1.08. The number of aryl methyl sites for hydroxylation is 2. The third-order valence-electron chi connectivity index (χ3n) is 4.61. The lowest BCUT2D eigenvalue weighted by Crippen LogP contribution is -1.82. The van der Waals surface area contributed by atoms with Crippen molar-refractivity contribution in [3.8, 4) is 0 Å². The molecular formula is C22H20S. The molecule has 114 valence electrons. The Balaban J connectivity index is 2.22. The van der Waals surface area contributed by atoms with Crippen molar-refractivity contribution < 1.29 is 0 Å². The maximum atomic E-state index is 2.31. The molecule has 3 aromatic carbocycles. The SMILES string of the molecule is C/C=C\c1sc2c(ccc3ccc4cc(C)ccc4c32)c1CC.